The second-order valence-electron chi connectivity index (χ2n) is 5.13. The molecule has 21 heavy (non-hydrogen) atoms. The minimum Gasteiger partial charge on any atom is -0.397 e. The third-order valence-electron chi connectivity index (χ3n) is 3.11. The number of nitrogens with two attached hydrogens (primary N) is 1. The summed E-state index contributed by atoms with van der Waals surface area (Å²) in [6.45, 7) is 2.51. The molecule has 0 spiro atoms. The molecule has 5 heteroatoms. The van der Waals surface area contributed by atoms with Crippen LogP contribution in [0.4, 0.5) is 11.4 Å². The fraction of sp³-hybridized carbons (Fsp3) is 0.250. The number of benzene rings is 1. The van der Waals surface area contributed by atoms with E-state index in [-0.39, 0.29) is 5.91 Å². The van der Waals surface area contributed by atoms with Gasteiger partial charge < -0.3 is 16.0 Å². The van der Waals surface area contributed by atoms with Crippen LogP contribution in [0.15, 0.2) is 36.4 Å². The van der Waals surface area contributed by atoms with Crippen molar-refractivity contribution in [1.29, 1.82) is 0 Å². The summed E-state index contributed by atoms with van der Waals surface area (Å²) in [6.07, 6.45) is 0. The van der Waals surface area contributed by atoms with Crippen molar-refractivity contribution in [2.24, 2.45) is 0 Å². The van der Waals surface area contributed by atoms with Crippen LogP contribution in [0.5, 0.6) is 0 Å². The van der Waals surface area contributed by atoms with Crippen LogP contribution in [-0.4, -0.2) is 29.9 Å². The molecule has 0 aliphatic rings. The van der Waals surface area contributed by atoms with Gasteiger partial charge in [0.1, 0.15) is 0 Å². The number of amides is 1. The number of pyridine rings is 1. The average molecular weight is 284 g/mol. The molecule has 5 nitrogen and oxygen atoms in total. The summed E-state index contributed by atoms with van der Waals surface area (Å²) in [6, 6.07) is 11.1. The lowest BCUT2D eigenvalue weighted by molar-refractivity contribution is 0.0827. The van der Waals surface area contributed by atoms with Gasteiger partial charge in [0.05, 0.1) is 23.6 Å². The number of hydrogen-bond donors (Lipinski definition) is 2. The van der Waals surface area contributed by atoms with Crippen LogP contribution < -0.4 is 11.1 Å². The normalized spacial score (nSPS) is 10.2. The van der Waals surface area contributed by atoms with Crippen LogP contribution >= 0.6 is 0 Å². The van der Waals surface area contributed by atoms with Gasteiger partial charge in [-0.25, -0.2) is 0 Å². The van der Waals surface area contributed by atoms with E-state index in [4.69, 9.17) is 5.73 Å². The van der Waals surface area contributed by atoms with Gasteiger partial charge in [0, 0.05) is 25.4 Å². The molecule has 0 aliphatic carbocycles. The van der Waals surface area contributed by atoms with E-state index in [1.165, 1.54) is 4.90 Å². The number of hydrogen-bond acceptors (Lipinski definition) is 4. The summed E-state index contributed by atoms with van der Waals surface area (Å²) in [5, 5.41) is 3.23. The van der Waals surface area contributed by atoms with Crippen molar-refractivity contribution in [2.75, 3.05) is 25.1 Å². The van der Waals surface area contributed by atoms with Crippen LogP contribution in [0.3, 0.4) is 0 Å². The maximum absolute atomic E-state index is 12.0. The lowest BCUT2D eigenvalue weighted by atomic mass is 10.1. The van der Waals surface area contributed by atoms with Crippen LogP contribution in [0, 0.1) is 6.92 Å². The zero-order valence-electron chi connectivity index (χ0n) is 12.6. The van der Waals surface area contributed by atoms with Crippen molar-refractivity contribution >= 4 is 17.3 Å². The Balaban J connectivity index is 2.16. The number of nitrogen functional groups attached to an aromatic ring is 1. The number of anilines is 2. The first-order valence-electron chi connectivity index (χ1n) is 6.75. The summed E-state index contributed by atoms with van der Waals surface area (Å²) in [4.78, 5) is 17.9. The molecule has 0 radical (unpaired) electrons. The van der Waals surface area contributed by atoms with E-state index in [2.05, 4.69) is 10.3 Å². The molecule has 2 rings (SSSR count). The Kier molecular flexibility index (Phi) is 4.42. The lowest BCUT2D eigenvalue weighted by Crippen LogP contribution is -2.21. The second-order valence-corrected chi connectivity index (χ2v) is 5.13. The topological polar surface area (TPSA) is 71.2 Å². The molecule has 110 valence electrons. The van der Waals surface area contributed by atoms with Gasteiger partial charge in [-0.1, -0.05) is 6.07 Å². The van der Waals surface area contributed by atoms with Crippen molar-refractivity contribution < 1.29 is 4.79 Å². The molecular weight excluding hydrogens is 264 g/mol. The maximum atomic E-state index is 12.0. The highest BCUT2D eigenvalue weighted by Crippen LogP contribution is 2.21. The highest BCUT2D eigenvalue weighted by molar-refractivity contribution is 5.95. The highest BCUT2D eigenvalue weighted by atomic mass is 16.2. The Morgan fingerprint density at radius 2 is 2.05 bits per heavy atom. The molecule has 0 aliphatic heterocycles. The molecule has 1 amide bonds. The van der Waals surface area contributed by atoms with E-state index in [0.29, 0.717) is 17.8 Å². The minimum absolute atomic E-state index is 0.0493. The second kappa shape index (κ2) is 6.26. The smallest absolute Gasteiger partial charge is 0.253 e. The lowest BCUT2D eigenvalue weighted by Gasteiger charge is -2.14. The van der Waals surface area contributed by atoms with Crippen LogP contribution in [0.1, 0.15) is 21.7 Å². The molecule has 0 unspecified atom stereocenters. The van der Waals surface area contributed by atoms with Crippen molar-refractivity contribution in [1.82, 2.24) is 9.88 Å². The summed E-state index contributed by atoms with van der Waals surface area (Å²) < 4.78 is 0. The van der Waals surface area contributed by atoms with E-state index >= 15 is 0 Å². The quantitative estimate of drug-likeness (QED) is 0.845. The average Bonchev–Trinajstić information content (AvgIpc) is 2.45. The van der Waals surface area contributed by atoms with Gasteiger partial charge >= 0.3 is 0 Å². The van der Waals surface area contributed by atoms with Crippen LogP contribution in [0.2, 0.25) is 0 Å². The zero-order valence-corrected chi connectivity index (χ0v) is 12.6. The molecule has 3 N–H and O–H groups in total. The summed E-state index contributed by atoms with van der Waals surface area (Å²) in [7, 11) is 3.45. The number of aromatic nitrogens is 1. The Bertz CT molecular complexity index is 652. The Morgan fingerprint density at radius 3 is 2.71 bits per heavy atom. The highest BCUT2D eigenvalue weighted by Gasteiger charge is 2.10. The van der Waals surface area contributed by atoms with E-state index in [9.17, 15) is 4.79 Å². The van der Waals surface area contributed by atoms with E-state index < -0.39 is 0 Å². The van der Waals surface area contributed by atoms with Crippen molar-refractivity contribution in [3.05, 3.63) is 53.3 Å². The molecule has 1 aromatic carbocycles. The molecule has 0 saturated heterocycles. The first-order chi connectivity index (χ1) is 9.97. The summed E-state index contributed by atoms with van der Waals surface area (Å²) in [5.74, 6) is -0.0493. The standard InChI is InChI=1S/C16H20N4O/c1-11-5-4-6-13(19-11)10-18-15-9-12(7-8-14(15)17)16(21)20(2)3/h4-9,18H,10,17H2,1-3H3. The number of carbonyl (C=O) groups is 1. The van der Waals surface area contributed by atoms with Gasteiger partial charge in [0.25, 0.3) is 5.91 Å². The SMILES string of the molecule is Cc1cccc(CNc2cc(C(=O)N(C)C)ccc2N)n1. The summed E-state index contributed by atoms with van der Waals surface area (Å²) >= 11 is 0. The van der Waals surface area contributed by atoms with Crippen molar-refractivity contribution in [2.45, 2.75) is 13.5 Å². The number of nitrogens with zero attached hydrogens (tertiary/aromatic N) is 2. The van der Waals surface area contributed by atoms with Gasteiger partial charge in [-0.05, 0) is 37.3 Å². The van der Waals surface area contributed by atoms with Gasteiger partial charge in [0.15, 0.2) is 0 Å². The molecule has 1 aromatic heterocycles. The largest absolute Gasteiger partial charge is 0.397 e. The Morgan fingerprint density at radius 1 is 1.29 bits per heavy atom. The fourth-order valence-electron chi connectivity index (χ4n) is 1.98. The first-order valence-corrected chi connectivity index (χ1v) is 6.75. The zero-order chi connectivity index (χ0) is 15.4. The maximum Gasteiger partial charge on any atom is 0.253 e. The van der Waals surface area contributed by atoms with Gasteiger partial charge in [-0.15, -0.1) is 0 Å². The fourth-order valence-corrected chi connectivity index (χ4v) is 1.98. The van der Waals surface area contributed by atoms with Crippen molar-refractivity contribution in [3.63, 3.8) is 0 Å². The predicted molar refractivity (Wildman–Crippen MR) is 85.2 cm³/mol. The van der Waals surface area contributed by atoms with E-state index in [1.54, 1.807) is 32.3 Å². The third kappa shape index (κ3) is 3.72. The molecule has 0 saturated carbocycles. The number of carbonyl (C=O) groups excluding carboxylic acids is 1. The van der Waals surface area contributed by atoms with Crippen LogP contribution in [0.25, 0.3) is 0 Å². The monoisotopic (exact) mass is 284 g/mol. The molecule has 2 aromatic rings. The molecule has 0 bridgehead atoms. The van der Waals surface area contributed by atoms with Gasteiger partial charge in [-0.3, -0.25) is 9.78 Å². The Labute approximate surface area is 124 Å². The molecule has 1 heterocycles. The van der Waals surface area contributed by atoms with Crippen LogP contribution in [-0.2, 0) is 6.54 Å². The van der Waals surface area contributed by atoms with E-state index in [1.807, 2.05) is 25.1 Å². The molecule has 0 fully saturated rings. The number of rotatable bonds is 4. The van der Waals surface area contributed by atoms with Crippen molar-refractivity contribution in [3.8, 4) is 0 Å². The predicted octanol–water partition coefficient (Wildman–Crippen LogP) is 2.29. The Hall–Kier alpha value is -2.56. The number of nitrogens with one attached hydrogen (secondary N) is 1. The number of aryl methyl sites for hydroxylation is 1. The summed E-state index contributed by atoms with van der Waals surface area (Å²) in [5.41, 5.74) is 9.81. The third-order valence-corrected chi connectivity index (χ3v) is 3.11. The van der Waals surface area contributed by atoms with E-state index in [0.717, 1.165) is 17.1 Å². The van der Waals surface area contributed by atoms with Gasteiger partial charge in [0.2, 0.25) is 0 Å². The molecule has 0 atom stereocenters. The van der Waals surface area contributed by atoms with Gasteiger partial charge in [-0.2, -0.15) is 0 Å². The minimum atomic E-state index is -0.0493. The first kappa shape index (κ1) is 14.8. The molecular formula is C16H20N4O.